The van der Waals surface area contributed by atoms with Crippen LogP contribution in [0, 0.1) is 13.8 Å². The molecule has 0 spiro atoms. The highest BCUT2D eigenvalue weighted by atomic mass is 16.5. The van der Waals surface area contributed by atoms with Crippen LogP contribution in [-0.4, -0.2) is 59.4 Å². The fourth-order valence-corrected chi connectivity index (χ4v) is 6.09. The summed E-state index contributed by atoms with van der Waals surface area (Å²) in [5, 5.41) is 9.37. The number of carbonyl (C=O) groups is 2. The summed E-state index contributed by atoms with van der Waals surface area (Å²) in [6.45, 7) is 5.37. The van der Waals surface area contributed by atoms with E-state index >= 15 is 0 Å². The standard InChI is InChI=1S/C37H40N6O4/c1-23-19-29-30(20-24(23)2)41-35(40-29)31-22-47-28(21-39-31)17-16-27-15-10-18-38-34(27)43-36(44)33(42-37(45)46-3)32(25-11-6-4-7-12-25)26-13-8-5-9-14-26/h4-15,18-20,28,31-33,39H,16-17,21-22H2,1-3H3,(H,40,41)(H,42,45)(H,38,43,44)/t28-,31+,33?/m1/s1. The van der Waals surface area contributed by atoms with Gasteiger partial charge in [0.15, 0.2) is 0 Å². The maximum Gasteiger partial charge on any atom is 0.407 e. The van der Waals surface area contributed by atoms with Crippen LogP contribution in [-0.2, 0) is 20.7 Å². The second-order valence-electron chi connectivity index (χ2n) is 11.9. The van der Waals surface area contributed by atoms with Crippen molar-refractivity contribution in [2.75, 3.05) is 25.6 Å². The van der Waals surface area contributed by atoms with Gasteiger partial charge in [-0.1, -0.05) is 66.7 Å². The van der Waals surface area contributed by atoms with Crippen LogP contribution in [0.4, 0.5) is 10.6 Å². The summed E-state index contributed by atoms with van der Waals surface area (Å²) in [7, 11) is 1.28. The van der Waals surface area contributed by atoms with Gasteiger partial charge in [0.2, 0.25) is 5.91 Å². The van der Waals surface area contributed by atoms with E-state index in [9.17, 15) is 9.59 Å². The van der Waals surface area contributed by atoms with Gasteiger partial charge in [0.1, 0.15) is 17.7 Å². The third-order valence-electron chi connectivity index (χ3n) is 8.80. The zero-order chi connectivity index (χ0) is 32.8. The number of ether oxygens (including phenoxy) is 2. The largest absolute Gasteiger partial charge is 0.453 e. The Balaban J connectivity index is 1.13. The molecule has 1 saturated heterocycles. The number of anilines is 1. The molecule has 47 heavy (non-hydrogen) atoms. The van der Waals surface area contributed by atoms with E-state index < -0.39 is 24.0 Å². The van der Waals surface area contributed by atoms with Crippen molar-refractivity contribution in [2.45, 2.75) is 50.8 Å². The third kappa shape index (κ3) is 7.51. The van der Waals surface area contributed by atoms with Crippen LogP contribution in [0.3, 0.4) is 0 Å². The fourth-order valence-electron chi connectivity index (χ4n) is 6.09. The highest BCUT2D eigenvalue weighted by molar-refractivity contribution is 5.97. The van der Waals surface area contributed by atoms with E-state index in [1.165, 1.54) is 18.2 Å². The number of amides is 2. The molecular formula is C37H40N6O4. The third-order valence-corrected chi connectivity index (χ3v) is 8.80. The Kier molecular flexibility index (Phi) is 9.89. The van der Waals surface area contributed by atoms with Crippen molar-refractivity contribution in [2.24, 2.45) is 0 Å². The van der Waals surface area contributed by atoms with Gasteiger partial charge >= 0.3 is 6.09 Å². The minimum Gasteiger partial charge on any atom is -0.453 e. The van der Waals surface area contributed by atoms with E-state index in [1.54, 1.807) is 6.20 Å². The van der Waals surface area contributed by atoms with Crippen molar-refractivity contribution in [3.63, 3.8) is 0 Å². The minimum atomic E-state index is -0.976. The summed E-state index contributed by atoms with van der Waals surface area (Å²) < 4.78 is 11.2. The number of fused-ring (bicyclic) bond motifs is 1. The van der Waals surface area contributed by atoms with E-state index in [4.69, 9.17) is 14.5 Å². The van der Waals surface area contributed by atoms with Gasteiger partial charge in [0.25, 0.3) is 0 Å². The molecule has 5 aromatic rings. The van der Waals surface area contributed by atoms with Crippen molar-refractivity contribution in [1.29, 1.82) is 0 Å². The molecule has 2 aromatic heterocycles. The van der Waals surface area contributed by atoms with Gasteiger partial charge in [-0.25, -0.2) is 14.8 Å². The van der Waals surface area contributed by atoms with Gasteiger partial charge < -0.3 is 30.4 Å². The highest BCUT2D eigenvalue weighted by Crippen LogP contribution is 2.30. The lowest BCUT2D eigenvalue weighted by Crippen LogP contribution is -2.48. The molecule has 1 unspecified atom stereocenters. The van der Waals surface area contributed by atoms with Crippen LogP contribution in [0.25, 0.3) is 11.0 Å². The molecule has 0 saturated carbocycles. The summed E-state index contributed by atoms with van der Waals surface area (Å²) >= 11 is 0. The zero-order valence-electron chi connectivity index (χ0n) is 26.8. The molecule has 242 valence electrons. The maximum absolute atomic E-state index is 14.0. The molecular weight excluding hydrogens is 592 g/mol. The number of alkyl carbamates (subject to hydrolysis) is 1. The predicted octanol–water partition coefficient (Wildman–Crippen LogP) is 5.73. The summed E-state index contributed by atoms with van der Waals surface area (Å²) in [6, 6.07) is 26.3. The molecule has 4 N–H and O–H groups in total. The summed E-state index contributed by atoms with van der Waals surface area (Å²) in [5.41, 5.74) is 7.07. The van der Waals surface area contributed by atoms with Crippen molar-refractivity contribution in [3.05, 3.63) is 125 Å². The maximum atomic E-state index is 14.0. The molecule has 6 rings (SSSR count). The summed E-state index contributed by atoms with van der Waals surface area (Å²) in [6.07, 6.45) is 2.30. The van der Waals surface area contributed by atoms with Gasteiger partial charge in [-0.15, -0.1) is 0 Å². The molecule has 0 bridgehead atoms. The highest BCUT2D eigenvalue weighted by Gasteiger charge is 2.33. The number of imidazole rings is 1. The Hall–Kier alpha value is -5.06. The fraction of sp³-hybridized carbons (Fsp3) is 0.297. The second-order valence-corrected chi connectivity index (χ2v) is 11.9. The number of aromatic nitrogens is 3. The van der Waals surface area contributed by atoms with Crippen molar-refractivity contribution in [1.82, 2.24) is 25.6 Å². The van der Waals surface area contributed by atoms with E-state index in [0.717, 1.165) is 40.0 Å². The lowest BCUT2D eigenvalue weighted by Gasteiger charge is -2.29. The normalized spacial score (nSPS) is 16.9. The predicted molar refractivity (Wildman–Crippen MR) is 181 cm³/mol. The van der Waals surface area contributed by atoms with Gasteiger partial charge in [-0.05, 0) is 72.7 Å². The van der Waals surface area contributed by atoms with Crippen LogP contribution in [0.15, 0.2) is 91.1 Å². The SMILES string of the molecule is COC(=O)NC(C(=O)Nc1ncccc1CC[C@@H]1CN[C@H](c2nc3cc(C)c(C)cc3[nH]2)CO1)C(c1ccccc1)c1ccccc1. The lowest BCUT2D eigenvalue weighted by molar-refractivity contribution is -0.118. The number of rotatable bonds is 10. The van der Waals surface area contributed by atoms with Crippen molar-refractivity contribution in [3.8, 4) is 0 Å². The smallest absolute Gasteiger partial charge is 0.407 e. The van der Waals surface area contributed by atoms with Gasteiger partial charge in [-0.2, -0.15) is 0 Å². The topological polar surface area (TPSA) is 130 Å². The number of H-pyrrole nitrogens is 1. The number of aryl methyl sites for hydroxylation is 3. The number of methoxy groups -OCH3 is 1. The van der Waals surface area contributed by atoms with Crippen molar-refractivity contribution >= 4 is 28.9 Å². The van der Waals surface area contributed by atoms with E-state index in [-0.39, 0.29) is 12.1 Å². The Morgan fingerprint density at radius 1 is 0.979 bits per heavy atom. The van der Waals surface area contributed by atoms with Gasteiger partial charge in [0, 0.05) is 18.7 Å². The first-order valence-corrected chi connectivity index (χ1v) is 15.9. The molecule has 10 heteroatoms. The molecule has 0 radical (unpaired) electrons. The van der Waals surface area contributed by atoms with Gasteiger partial charge in [0.05, 0.1) is 36.9 Å². The zero-order valence-corrected chi connectivity index (χ0v) is 26.8. The Bertz CT molecular complexity index is 1740. The first kappa shape index (κ1) is 31.9. The molecule has 10 nitrogen and oxygen atoms in total. The quantitative estimate of drug-likeness (QED) is 0.155. The molecule has 3 heterocycles. The molecule has 2 amide bonds. The number of hydrogen-bond acceptors (Lipinski definition) is 7. The first-order chi connectivity index (χ1) is 22.9. The molecule has 0 aliphatic carbocycles. The number of hydrogen-bond donors (Lipinski definition) is 4. The average molecular weight is 633 g/mol. The average Bonchev–Trinajstić information content (AvgIpc) is 3.51. The van der Waals surface area contributed by atoms with Gasteiger partial charge in [-0.3, -0.25) is 4.79 Å². The van der Waals surface area contributed by atoms with Crippen molar-refractivity contribution < 1.29 is 19.1 Å². The minimum absolute atomic E-state index is 0.0156. The van der Waals surface area contributed by atoms with Crippen LogP contribution >= 0.6 is 0 Å². The van der Waals surface area contributed by atoms with Crippen LogP contribution in [0.2, 0.25) is 0 Å². The Morgan fingerprint density at radius 3 is 2.34 bits per heavy atom. The molecule has 3 aromatic carbocycles. The number of nitrogens with one attached hydrogen (secondary N) is 4. The number of carbonyl (C=O) groups excluding carboxylic acids is 2. The van der Waals surface area contributed by atoms with E-state index in [0.29, 0.717) is 25.4 Å². The number of morpholine rings is 1. The second kappa shape index (κ2) is 14.6. The molecule has 1 aliphatic rings. The lowest BCUT2D eigenvalue weighted by atomic mass is 9.84. The van der Waals surface area contributed by atoms with E-state index in [1.807, 2.05) is 72.8 Å². The van der Waals surface area contributed by atoms with Crippen LogP contribution in [0.5, 0.6) is 0 Å². The van der Waals surface area contributed by atoms with Crippen LogP contribution < -0.4 is 16.0 Å². The van der Waals surface area contributed by atoms with E-state index in [2.05, 4.69) is 51.9 Å². The summed E-state index contributed by atoms with van der Waals surface area (Å²) in [5.74, 6) is 0.449. The number of nitrogens with zero attached hydrogens (tertiary/aromatic N) is 2. The first-order valence-electron chi connectivity index (χ1n) is 15.9. The van der Waals surface area contributed by atoms with Crippen LogP contribution in [0.1, 0.15) is 52.0 Å². The number of pyridine rings is 1. The summed E-state index contributed by atoms with van der Waals surface area (Å²) in [4.78, 5) is 39.3. The number of aromatic amines is 1. The Morgan fingerprint density at radius 2 is 1.68 bits per heavy atom. The molecule has 1 aliphatic heterocycles. The monoisotopic (exact) mass is 632 g/mol. The molecule has 3 atom stereocenters. The Labute approximate surface area is 274 Å². The molecule has 1 fully saturated rings. The number of benzene rings is 3.